The summed E-state index contributed by atoms with van der Waals surface area (Å²) in [5.41, 5.74) is -25.0. The lowest BCUT2D eigenvalue weighted by Crippen LogP contribution is -2.57. The first-order valence-electron chi connectivity index (χ1n) is 27.7. The van der Waals surface area contributed by atoms with Gasteiger partial charge in [-0.05, 0) is 55.4 Å². The number of rotatable bonds is 44. The van der Waals surface area contributed by atoms with Crippen molar-refractivity contribution in [3.63, 3.8) is 0 Å². The number of esters is 12. The first-order valence-corrected chi connectivity index (χ1v) is 27.7. The van der Waals surface area contributed by atoms with Crippen molar-refractivity contribution < 1.29 is 217 Å². The van der Waals surface area contributed by atoms with Crippen LogP contribution in [0.5, 0.6) is 0 Å². The number of hydrogen-bond donors (Lipinski definition) is 20. The minimum Gasteiger partial charge on any atom is -0.457 e. The summed E-state index contributed by atoms with van der Waals surface area (Å²) in [6.07, 6.45) is 0. The SMILES string of the molecule is CC(CO)(CO)C(=O)OC(O)(OC(=O)C(C)(CO)CO)C(=O)OCC(COC(=O)C(O)(OC(=O)C(C)(CO)CO)OC(=O)C(C)(CO)CO)(COC(=O)C(O)(OC(=O)C(C)(CO)CO)OC(=O)C(C)(CO)CO)COC(=O)C(O)(OC(=O)C(C)(CO)CO)OC(=O)C(C)(CO)CO. The first-order chi connectivity index (χ1) is 44.5. The minimum absolute atomic E-state index is 0.657. The smallest absolute Gasteiger partial charge is 0.457 e. The van der Waals surface area contributed by atoms with E-state index in [0.717, 1.165) is 0 Å². The van der Waals surface area contributed by atoms with Crippen LogP contribution in [-0.2, 0) is 114 Å². The lowest BCUT2D eigenvalue weighted by atomic mass is 9.91. The fourth-order valence-corrected chi connectivity index (χ4v) is 5.33. The van der Waals surface area contributed by atoms with Crippen LogP contribution in [0.4, 0.5) is 0 Å². The number of carbonyl (C=O) groups is 12. The molecule has 0 rings (SSSR count). The van der Waals surface area contributed by atoms with E-state index in [1.165, 1.54) is 0 Å². The summed E-state index contributed by atoms with van der Waals surface area (Å²) in [4.78, 5) is 165. The Morgan fingerprint density at radius 2 is 0.289 bits per heavy atom. The fraction of sp³-hybridized carbons (Fsp3) is 0.774. The molecule has 0 amide bonds. The quantitative estimate of drug-likeness (QED) is 0.0153. The summed E-state index contributed by atoms with van der Waals surface area (Å²) in [6.45, 7) is -27.6. The van der Waals surface area contributed by atoms with Crippen molar-refractivity contribution in [3.8, 4) is 0 Å². The van der Waals surface area contributed by atoms with E-state index in [1.54, 1.807) is 0 Å². The van der Waals surface area contributed by atoms with Crippen LogP contribution < -0.4 is 0 Å². The van der Waals surface area contributed by atoms with E-state index < -0.39 is 276 Å². The van der Waals surface area contributed by atoms with Gasteiger partial charge in [0.25, 0.3) is 0 Å². The third kappa shape index (κ3) is 21.4. The number of ether oxygens (including phenoxy) is 12. The van der Waals surface area contributed by atoms with Crippen LogP contribution in [0.25, 0.3) is 0 Å². The molecule has 20 N–H and O–H groups in total. The Hall–Kier alpha value is -7.16. The maximum absolute atomic E-state index is 14.4. The maximum atomic E-state index is 14.4. The van der Waals surface area contributed by atoms with Gasteiger partial charge >= 0.3 is 95.5 Å². The Balaban J connectivity index is 9.73. The fourth-order valence-electron chi connectivity index (χ4n) is 5.33. The largest absolute Gasteiger partial charge is 0.479 e. The molecule has 0 unspecified atom stereocenters. The minimum atomic E-state index is -4.77. The molecule has 0 aromatic carbocycles. The molecule has 0 atom stereocenters. The maximum Gasteiger partial charge on any atom is 0.479 e. The Kier molecular flexibility index (Phi) is 32.9. The van der Waals surface area contributed by atoms with Gasteiger partial charge in [0, 0.05) is 0 Å². The van der Waals surface area contributed by atoms with Crippen LogP contribution >= 0.6 is 0 Å². The normalized spacial score (nSPS) is 13.2. The topological polar surface area (TPSA) is 720 Å². The molecule has 560 valence electrons. The van der Waals surface area contributed by atoms with Gasteiger partial charge in [0.05, 0.1) is 106 Å². The van der Waals surface area contributed by atoms with E-state index in [2.05, 4.69) is 37.9 Å². The molecule has 0 aliphatic heterocycles. The molecule has 0 spiro atoms. The summed E-state index contributed by atoms with van der Waals surface area (Å²) in [5.74, 6) is -47.6. The van der Waals surface area contributed by atoms with Crippen LogP contribution in [0.15, 0.2) is 0 Å². The molecule has 0 aliphatic carbocycles. The third-order valence-corrected chi connectivity index (χ3v) is 14.4. The van der Waals surface area contributed by atoms with E-state index in [1.807, 2.05) is 0 Å². The number of aliphatic hydroxyl groups excluding tert-OH is 16. The number of carbonyl (C=O) groups excluding carboxylic acids is 12. The van der Waals surface area contributed by atoms with E-state index >= 15 is 0 Å². The van der Waals surface area contributed by atoms with Crippen molar-refractivity contribution in [2.24, 2.45) is 48.7 Å². The van der Waals surface area contributed by atoms with Gasteiger partial charge in [-0.2, -0.15) is 0 Å². The molecule has 0 saturated carbocycles. The second kappa shape index (κ2) is 35.6. The van der Waals surface area contributed by atoms with Gasteiger partial charge < -0.3 is 159 Å². The second-order valence-corrected chi connectivity index (χ2v) is 24.3. The highest BCUT2D eigenvalue weighted by Crippen LogP contribution is 2.35. The number of hydrogen-bond acceptors (Lipinski definition) is 44. The van der Waals surface area contributed by atoms with Gasteiger partial charge in [-0.15, -0.1) is 0 Å². The molecule has 0 radical (unpaired) electrons. The molecule has 0 heterocycles. The Bertz CT molecular complexity index is 2230. The van der Waals surface area contributed by atoms with Crippen LogP contribution in [0, 0.1) is 48.7 Å². The molecule has 0 aromatic rings. The van der Waals surface area contributed by atoms with E-state index in [0.29, 0.717) is 55.4 Å². The standard InChI is InChI=1S/C53H84O44/c1-41(9-54,10-55)29(70)90-50(82,91-30(71)42(2,11-56)12-57)37(78)86-25-49(26-87-38(79)51(83,92-31(72)43(3,13-58)14-59)93-32(73)44(4,15-60)16-61,27-88-39(80)52(84,94-33(74)45(5,17-62)18-63)95-34(75)46(6,19-64)20-65)28-89-40(81)53(85,96-35(76)47(7,21-66)22-67)97-36(77)48(8,23-68)24-69/h54-69,82-85H,9-28H2,1-8H3. The molecular formula is C53H84O44. The summed E-state index contributed by atoms with van der Waals surface area (Å²) in [6, 6.07) is 0. The highest BCUT2D eigenvalue weighted by molar-refractivity contribution is 5.90. The average Bonchev–Trinajstić information content (AvgIpc) is 0.810. The predicted molar refractivity (Wildman–Crippen MR) is 293 cm³/mol. The van der Waals surface area contributed by atoms with Gasteiger partial charge in [0.15, 0.2) is 0 Å². The summed E-state index contributed by atoms with van der Waals surface area (Å²) < 4.78 is 57.3. The molecule has 0 saturated heterocycles. The van der Waals surface area contributed by atoms with Gasteiger partial charge in [0.2, 0.25) is 0 Å². The summed E-state index contributed by atoms with van der Waals surface area (Å²) >= 11 is 0. The first kappa shape index (κ1) is 89.8. The van der Waals surface area contributed by atoms with Crippen molar-refractivity contribution in [3.05, 3.63) is 0 Å². The van der Waals surface area contributed by atoms with Crippen molar-refractivity contribution in [2.75, 3.05) is 132 Å². The van der Waals surface area contributed by atoms with Gasteiger partial charge in [-0.25, -0.2) is 19.2 Å². The highest BCUT2D eigenvalue weighted by atomic mass is 16.9. The Morgan fingerprint density at radius 3 is 0.371 bits per heavy atom. The lowest BCUT2D eigenvalue weighted by molar-refractivity contribution is -0.330. The van der Waals surface area contributed by atoms with Crippen LogP contribution in [-0.4, -0.2) is 330 Å². The zero-order valence-electron chi connectivity index (χ0n) is 53.4. The number of aliphatic hydroxyl groups is 20. The van der Waals surface area contributed by atoms with Crippen LogP contribution in [0.3, 0.4) is 0 Å². The summed E-state index contributed by atoms with van der Waals surface area (Å²) in [7, 11) is 0. The predicted octanol–water partition coefficient (Wildman–Crippen LogP) is -13.0. The van der Waals surface area contributed by atoms with Gasteiger partial charge in [-0.1, -0.05) is 0 Å². The van der Waals surface area contributed by atoms with Crippen LogP contribution in [0.2, 0.25) is 0 Å². The monoisotopic (exact) mass is 1420 g/mol. The zero-order valence-corrected chi connectivity index (χ0v) is 53.4. The average molecular weight is 1430 g/mol. The van der Waals surface area contributed by atoms with Gasteiger partial charge in [-0.3, -0.25) is 38.4 Å². The summed E-state index contributed by atoms with van der Waals surface area (Å²) in [5, 5.41) is 206. The molecule has 97 heavy (non-hydrogen) atoms. The van der Waals surface area contributed by atoms with Crippen molar-refractivity contribution in [2.45, 2.75) is 79.3 Å². The van der Waals surface area contributed by atoms with E-state index in [-0.39, 0.29) is 0 Å². The van der Waals surface area contributed by atoms with E-state index in [4.69, 9.17) is 18.9 Å². The second-order valence-electron chi connectivity index (χ2n) is 24.3. The van der Waals surface area contributed by atoms with Crippen molar-refractivity contribution >= 4 is 71.6 Å². The Labute approximate surface area is 547 Å². The molecule has 0 aromatic heterocycles. The molecule has 0 aliphatic rings. The zero-order chi connectivity index (χ0) is 76.1. The van der Waals surface area contributed by atoms with Crippen molar-refractivity contribution in [1.82, 2.24) is 0 Å². The molecule has 44 nitrogen and oxygen atoms in total. The van der Waals surface area contributed by atoms with Crippen molar-refractivity contribution in [1.29, 1.82) is 0 Å². The molecule has 44 heteroatoms. The van der Waals surface area contributed by atoms with Gasteiger partial charge in [0.1, 0.15) is 75.2 Å². The van der Waals surface area contributed by atoms with Crippen LogP contribution in [0.1, 0.15) is 55.4 Å². The highest BCUT2D eigenvalue weighted by Gasteiger charge is 2.60. The molecular weight excluding hydrogens is 1340 g/mol. The lowest BCUT2D eigenvalue weighted by Gasteiger charge is -2.37. The molecule has 0 fully saturated rings. The molecule has 0 bridgehead atoms. The van der Waals surface area contributed by atoms with E-state index in [9.17, 15) is 160 Å². The third-order valence-electron chi connectivity index (χ3n) is 14.4. The Morgan fingerprint density at radius 1 is 0.196 bits per heavy atom.